The Morgan fingerprint density at radius 1 is 1.17 bits per heavy atom. The van der Waals surface area contributed by atoms with Gasteiger partial charge in [0.2, 0.25) is 5.91 Å². The number of anilines is 2. The summed E-state index contributed by atoms with van der Waals surface area (Å²) in [5.74, 6) is 0.558. The van der Waals surface area contributed by atoms with E-state index in [1.165, 1.54) is 0 Å². The van der Waals surface area contributed by atoms with Crippen molar-refractivity contribution in [2.24, 2.45) is 0 Å². The molecule has 1 aliphatic rings. The molecule has 35 heavy (non-hydrogen) atoms. The first-order chi connectivity index (χ1) is 16.9. The lowest BCUT2D eigenvalue weighted by molar-refractivity contribution is -0.122. The van der Waals surface area contributed by atoms with E-state index in [0.717, 1.165) is 47.3 Å². The third-order valence-electron chi connectivity index (χ3n) is 6.19. The molecule has 2 heterocycles. The second kappa shape index (κ2) is 10.9. The number of hydrogen-bond acceptors (Lipinski definition) is 4. The number of rotatable bonds is 7. The predicted octanol–water partition coefficient (Wildman–Crippen LogP) is 4.58. The summed E-state index contributed by atoms with van der Waals surface area (Å²) in [4.78, 5) is 24.9. The summed E-state index contributed by atoms with van der Waals surface area (Å²) in [6.07, 6.45) is 3.51. The van der Waals surface area contributed by atoms with Crippen molar-refractivity contribution in [2.45, 2.75) is 52.1 Å². The van der Waals surface area contributed by atoms with Gasteiger partial charge in [0.15, 0.2) is 0 Å². The molecule has 9 heteroatoms. The van der Waals surface area contributed by atoms with Crippen LogP contribution in [0.4, 0.5) is 16.3 Å². The van der Waals surface area contributed by atoms with Gasteiger partial charge >= 0.3 is 6.03 Å². The number of carbonyl (C=O) groups is 2. The zero-order valence-electron chi connectivity index (χ0n) is 20.2. The second-order valence-corrected chi connectivity index (χ2v) is 9.13. The van der Waals surface area contributed by atoms with Crippen LogP contribution in [-0.4, -0.2) is 34.8 Å². The van der Waals surface area contributed by atoms with Gasteiger partial charge in [-0.05, 0) is 61.1 Å². The van der Waals surface area contributed by atoms with Crippen molar-refractivity contribution in [1.29, 1.82) is 0 Å². The number of fused-ring (bicyclic) bond motifs is 1. The van der Waals surface area contributed by atoms with Gasteiger partial charge in [0.25, 0.3) is 0 Å². The minimum Gasteiger partial charge on any atom is -0.358 e. The minimum absolute atomic E-state index is 0.0152. The molecule has 0 aliphatic carbocycles. The number of urea groups is 1. The third-order valence-corrected chi connectivity index (χ3v) is 6.69. The monoisotopic (exact) mass is 494 g/mol. The molecule has 0 saturated heterocycles. The number of carbonyl (C=O) groups excluding carboxylic acids is 2. The highest BCUT2D eigenvalue weighted by atomic mass is 35.5. The van der Waals surface area contributed by atoms with Gasteiger partial charge in [0.05, 0.1) is 28.1 Å². The highest BCUT2D eigenvalue weighted by Crippen LogP contribution is 2.27. The van der Waals surface area contributed by atoms with E-state index in [4.69, 9.17) is 16.7 Å². The summed E-state index contributed by atoms with van der Waals surface area (Å²) >= 11 is 6.34. The van der Waals surface area contributed by atoms with Crippen molar-refractivity contribution < 1.29 is 9.59 Å². The average Bonchev–Trinajstić information content (AvgIpc) is 3.26. The van der Waals surface area contributed by atoms with Crippen LogP contribution in [0.15, 0.2) is 42.5 Å². The van der Waals surface area contributed by atoms with E-state index < -0.39 is 6.03 Å². The molecule has 0 fully saturated rings. The molecule has 3 aromatic rings. The molecule has 1 aromatic heterocycles. The average molecular weight is 495 g/mol. The highest BCUT2D eigenvalue weighted by Gasteiger charge is 2.24. The number of aromatic nitrogens is 2. The number of unbranched alkanes of at least 4 members (excludes halogenated alkanes) is 1. The van der Waals surface area contributed by atoms with E-state index >= 15 is 0 Å². The molecule has 4 rings (SSSR count). The van der Waals surface area contributed by atoms with Gasteiger partial charge in [-0.15, -0.1) is 0 Å². The lowest BCUT2D eigenvalue weighted by Crippen LogP contribution is -2.46. The molecule has 0 radical (unpaired) electrons. The number of hydrogen-bond donors (Lipinski definition) is 4. The molecule has 1 atom stereocenters. The molecule has 0 saturated carbocycles. The van der Waals surface area contributed by atoms with Gasteiger partial charge in [-0.3, -0.25) is 10.1 Å². The van der Waals surface area contributed by atoms with E-state index in [9.17, 15) is 9.59 Å². The summed E-state index contributed by atoms with van der Waals surface area (Å²) in [7, 11) is 1.65. The van der Waals surface area contributed by atoms with Gasteiger partial charge in [-0.2, -0.15) is 5.10 Å². The summed E-state index contributed by atoms with van der Waals surface area (Å²) in [6, 6.07) is 12.8. The molecule has 184 valence electrons. The molecular formula is C26H31ClN6O2. The van der Waals surface area contributed by atoms with Crippen molar-refractivity contribution in [3.05, 3.63) is 69.9 Å². The van der Waals surface area contributed by atoms with Crippen LogP contribution in [0.1, 0.15) is 42.1 Å². The van der Waals surface area contributed by atoms with Gasteiger partial charge in [-0.1, -0.05) is 43.1 Å². The van der Waals surface area contributed by atoms with Crippen LogP contribution >= 0.6 is 11.6 Å². The fraction of sp³-hybridized carbons (Fsp3) is 0.346. The van der Waals surface area contributed by atoms with E-state index in [1.54, 1.807) is 17.8 Å². The Hall–Kier alpha value is -3.36. The van der Waals surface area contributed by atoms with Crippen molar-refractivity contribution in [3.8, 4) is 5.69 Å². The number of likely N-dealkylation sites (N-methyl/N-ethyl adjacent to an activating group) is 1. The normalized spacial score (nSPS) is 14.8. The topological polar surface area (TPSA) is 100 Å². The van der Waals surface area contributed by atoms with Crippen LogP contribution in [-0.2, 0) is 24.2 Å². The van der Waals surface area contributed by atoms with Crippen LogP contribution in [0, 0.1) is 6.92 Å². The Morgan fingerprint density at radius 3 is 2.77 bits per heavy atom. The lowest BCUT2D eigenvalue weighted by atomic mass is 9.95. The maximum atomic E-state index is 12.8. The van der Waals surface area contributed by atoms with Gasteiger partial charge in [0.1, 0.15) is 5.82 Å². The summed E-state index contributed by atoms with van der Waals surface area (Å²) in [5.41, 5.74) is 5.42. The van der Waals surface area contributed by atoms with Crippen molar-refractivity contribution in [2.75, 3.05) is 17.7 Å². The van der Waals surface area contributed by atoms with E-state index in [-0.39, 0.29) is 11.9 Å². The molecule has 8 nitrogen and oxygen atoms in total. The van der Waals surface area contributed by atoms with Crippen molar-refractivity contribution in [1.82, 2.24) is 20.4 Å². The number of amides is 3. The number of nitrogens with one attached hydrogen (secondary N) is 4. The molecule has 0 bridgehead atoms. The Bertz CT molecular complexity index is 1240. The highest BCUT2D eigenvalue weighted by molar-refractivity contribution is 6.34. The molecule has 1 unspecified atom stereocenters. The number of aryl methyl sites for hydroxylation is 2. The summed E-state index contributed by atoms with van der Waals surface area (Å²) in [6.45, 7) is 4.61. The van der Waals surface area contributed by atoms with Crippen LogP contribution in [0.2, 0.25) is 5.02 Å². The largest absolute Gasteiger partial charge is 0.358 e. The van der Waals surface area contributed by atoms with Crippen LogP contribution in [0.3, 0.4) is 0 Å². The maximum Gasteiger partial charge on any atom is 0.324 e. The van der Waals surface area contributed by atoms with E-state index in [0.29, 0.717) is 29.5 Å². The van der Waals surface area contributed by atoms with Gasteiger partial charge in [0, 0.05) is 19.7 Å². The van der Waals surface area contributed by atoms with E-state index in [1.807, 2.05) is 37.3 Å². The van der Waals surface area contributed by atoms with Crippen molar-refractivity contribution in [3.63, 3.8) is 0 Å². The maximum absolute atomic E-state index is 12.8. The molecule has 3 amide bonds. The lowest BCUT2D eigenvalue weighted by Gasteiger charge is -2.25. The van der Waals surface area contributed by atoms with E-state index in [2.05, 4.69) is 34.3 Å². The SMILES string of the molecule is CCCCc1cc(NC(=O)Nc2cccc(C)c2Cl)n(-c2ccc3c(c2)CNC(C(=O)NC)C3)n1. The van der Waals surface area contributed by atoms with Crippen molar-refractivity contribution >= 4 is 35.0 Å². The Balaban J connectivity index is 1.59. The zero-order chi connectivity index (χ0) is 24.9. The summed E-state index contributed by atoms with van der Waals surface area (Å²) < 4.78 is 1.76. The Kier molecular flexibility index (Phi) is 7.73. The Labute approximate surface area is 210 Å². The third kappa shape index (κ3) is 5.66. The number of halogens is 1. The van der Waals surface area contributed by atoms with Crippen LogP contribution in [0.25, 0.3) is 5.69 Å². The molecule has 2 aromatic carbocycles. The first-order valence-corrected chi connectivity index (χ1v) is 12.3. The first kappa shape index (κ1) is 24.8. The van der Waals surface area contributed by atoms with Crippen LogP contribution < -0.4 is 21.3 Å². The molecular weight excluding hydrogens is 464 g/mol. The van der Waals surface area contributed by atoms with Gasteiger partial charge < -0.3 is 16.0 Å². The Morgan fingerprint density at radius 2 is 2.00 bits per heavy atom. The fourth-order valence-corrected chi connectivity index (χ4v) is 4.38. The second-order valence-electron chi connectivity index (χ2n) is 8.76. The van der Waals surface area contributed by atoms with Gasteiger partial charge in [-0.25, -0.2) is 9.48 Å². The molecule has 1 aliphatic heterocycles. The standard InChI is InChI=1S/C26H31ClN6O2/c1-4-5-8-19-14-23(31-26(35)30-21-9-6-7-16(2)24(21)27)33(32-19)20-11-10-17-13-22(25(34)28-3)29-15-18(17)12-20/h6-7,9-12,14,22,29H,4-5,8,13,15H2,1-3H3,(H,28,34)(H2,30,31,35). The first-order valence-electron chi connectivity index (χ1n) is 11.9. The minimum atomic E-state index is -0.395. The fourth-order valence-electron chi connectivity index (χ4n) is 4.20. The number of nitrogens with zero attached hydrogens (tertiary/aromatic N) is 2. The molecule has 4 N–H and O–H groups in total. The quantitative estimate of drug-likeness (QED) is 0.386. The molecule has 0 spiro atoms. The predicted molar refractivity (Wildman–Crippen MR) is 139 cm³/mol. The zero-order valence-corrected chi connectivity index (χ0v) is 21.0. The van der Waals surface area contributed by atoms with Crippen LogP contribution in [0.5, 0.6) is 0 Å². The smallest absolute Gasteiger partial charge is 0.324 e. The number of benzene rings is 2. The summed E-state index contributed by atoms with van der Waals surface area (Å²) in [5, 5.41) is 17.0.